The van der Waals surface area contributed by atoms with Gasteiger partial charge in [-0.25, -0.2) is 0 Å². The van der Waals surface area contributed by atoms with Gasteiger partial charge in [0.1, 0.15) is 0 Å². The molecule has 0 N–H and O–H groups in total. The van der Waals surface area contributed by atoms with Gasteiger partial charge >= 0.3 is 0 Å². The lowest BCUT2D eigenvalue weighted by atomic mass is 10.4. The molecule has 0 nitrogen and oxygen atoms in total. The van der Waals surface area contributed by atoms with Gasteiger partial charge in [-0.1, -0.05) is 24.4 Å². The summed E-state index contributed by atoms with van der Waals surface area (Å²) < 4.78 is 0. The number of rotatable bonds is 1. The van der Waals surface area contributed by atoms with Crippen LogP contribution < -0.4 is 0 Å². The maximum atomic E-state index is 4.62. The van der Waals surface area contributed by atoms with Crippen molar-refractivity contribution in [2.75, 3.05) is 0 Å². The molecule has 0 amide bonds. The molecule has 0 heterocycles. The first-order valence-electron chi connectivity index (χ1n) is 1.51. The largest absolute Gasteiger partial charge is 0.0840 e. The maximum absolute atomic E-state index is 4.62. The van der Waals surface area contributed by atoms with Gasteiger partial charge in [0.25, 0.3) is 0 Å². The first-order valence-corrected chi connectivity index (χ1v) is 2.33. The van der Waals surface area contributed by atoms with Crippen LogP contribution in [0.15, 0.2) is 0 Å². The van der Waals surface area contributed by atoms with E-state index in [2.05, 4.69) is 31.4 Å². The summed E-state index contributed by atoms with van der Waals surface area (Å²) >= 11 is 9.18. The normalized spacial score (nSPS) is 7.67. The Labute approximate surface area is 48.6 Å². The van der Waals surface area contributed by atoms with E-state index in [1.165, 1.54) is 0 Å². The quantitative estimate of drug-likeness (QED) is 0.478. The van der Waals surface area contributed by atoms with E-state index in [0.717, 1.165) is 0 Å². The fourth-order valence-electron chi connectivity index (χ4n) is 0. The van der Waals surface area contributed by atoms with E-state index in [-0.39, 0.29) is 0 Å². The molecule has 0 aliphatic carbocycles. The second kappa shape index (κ2) is 2.37. The number of hydrogen-bond donors (Lipinski definition) is 0. The average Bonchev–Trinajstić information content (AvgIpc) is 1.36. The van der Waals surface area contributed by atoms with Crippen LogP contribution in [0.25, 0.3) is 0 Å². The summed E-state index contributed by atoms with van der Waals surface area (Å²) in [6.07, 6.45) is 0. The van der Waals surface area contributed by atoms with Crippen LogP contribution >= 0.6 is 24.4 Å². The molecule has 0 atom stereocenters. The van der Waals surface area contributed by atoms with Crippen LogP contribution in [-0.4, -0.2) is 9.73 Å². The monoisotopic (exact) mass is 117 g/mol. The van der Waals surface area contributed by atoms with Crippen molar-refractivity contribution in [2.45, 2.75) is 6.92 Å². The summed E-state index contributed by atoms with van der Waals surface area (Å²) in [5.41, 5.74) is 0. The van der Waals surface area contributed by atoms with Crippen LogP contribution in [0.2, 0.25) is 0 Å². The van der Waals surface area contributed by atoms with Crippen LogP contribution in [0.5, 0.6) is 0 Å². The predicted molar refractivity (Wildman–Crippen MR) is 36.2 cm³/mol. The van der Waals surface area contributed by atoms with Gasteiger partial charge in [-0.05, 0) is 13.8 Å². The Morgan fingerprint density at radius 3 is 1.67 bits per heavy atom. The highest BCUT2D eigenvalue weighted by atomic mass is 32.1. The van der Waals surface area contributed by atoms with Gasteiger partial charge < -0.3 is 0 Å². The maximum Gasteiger partial charge on any atom is 0.0292 e. The molecule has 0 aromatic heterocycles. The molecule has 0 aliphatic heterocycles. The van der Waals surface area contributed by atoms with Crippen molar-refractivity contribution >= 4 is 34.2 Å². The minimum absolute atomic E-state index is 0.574. The first-order chi connectivity index (χ1) is 2.64. The molecule has 6 heavy (non-hydrogen) atoms. The number of thiocarbonyl (C=S) groups is 2. The highest BCUT2D eigenvalue weighted by Gasteiger charge is 1.83. The molecule has 1 radical (unpaired) electrons. The van der Waals surface area contributed by atoms with Gasteiger partial charge in [0.2, 0.25) is 0 Å². The minimum Gasteiger partial charge on any atom is -0.0840 e. The van der Waals surface area contributed by atoms with E-state index in [9.17, 15) is 0 Å². The van der Waals surface area contributed by atoms with E-state index < -0.39 is 0 Å². The highest BCUT2D eigenvalue weighted by molar-refractivity contribution is 7.89. The molecule has 0 aliphatic rings. The second-order valence-corrected chi connectivity index (χ2v) is 2.08. The molecule has 0 fully saturated rings. The van der Waals surface area contributed by atoms with Crippen molar-refractivity contribution in [1.29, 1.82) is 0 Å². The van der Waals surface area contributed by atoms with Gasteiger partial charge in [-0.3, -0.25) is 0 Å². The molecular formula is C4H5S2. The zero-order valence-electron chi connectivity index (χ0n) is 3.52. The second-order valence-electron chi connectivity index (χ2n) is 0.979. The Kier molecular flexibility index (Phi) is 2.44. The zero-order chi connectivity index (χ0) is 5.15. The molecule has 2 heteroatoms. The van der Waals surface area contributed by atoms with Crippen LogP contribution in [0.3, 0.4) is 0 Å². The Balaban J connectivity index is 3.57. The summed E-state index contributed by atoms with van der Waals surface area (Å²) in [4.78, 5) is 1.29. The van der Waals surface area contributed by atoms with E-state index >= 15 is 0 Å². The van der Waals surface area contributed by atoms with Crippen LogP contribution in [0.1, 0.15) is 6.92 Å². The predicted octanol–water partition coefficient (Wildman–Crippen LogP) is 1.58. The molecule has 0 aromatic carbocycles. The molecule has 0 spiro atoms. The first kappa shape index (κ1) is 6.18. The lowest BCUT2D eigenvalue weighted by Gasteiger charge is -1.82. The van der Waals surface area contributed by atoms with Gasteiger partial charge in [0.05, 0.1) is 0 Å². The smallest absolute Gasteiger partial charge is 0.0292 e. The molecule has 0 aromatic rings. The third kappa shape index (κ3) is 2.42. The van der Waals surface area contributed by atoms with Gasteiger partial charge in [0.15, 0.2) is 0 Å². The summed E-state index contributed by atoms with van der Waals surface area (Å²) in [7, 11) is 0. The molecule has 0 rings (SSSR count). The Hall–Kier alpha value is 0.180. The highest BCUT2D eigenvalue weighted by Crippen LogP contribution is 1.77. The van der Waals surface area contributed by atoms with E-state index in [4.69, 9.17) is 0 Å². The Bertz CT molecular complexity index is 71.5. The summed E-state index contributed by atoms with van der Waals surface area (Å²) in [5.74, 6) is 0. The van der Waals surface area contributed by atoms with Crippen molar-refractivity contribution in [3.05, 3.63) is 6.92 Å². The van der Waals surface area contributed by atoms with Crippen LogP contribution in [-0.2, 0) is 0 Å². The van der Waals surface area contributed by atoms with E-state index in [1.807, 2.05) is 0 Å². The molecule has 33 valence electrons. The lowest BCUT2D eigenvalue weighted by Crippen LogP contribution is -1.95. The zero-order valence-corrected chi connectivity index (χ0v) is 5.16. The van der Waals surface area contributed by atoms with Crippen LogP contribution in [0.4, 0.5) is 0 Å². The molecule has 0 unspecified atom stereocenters. The third-order valence-corrected chi connectivity index (χ3v) is 1.07. The fraction of sp³-hybridized carbons (Fsp3) is 0.250. The van der Waals surface area contributed by atoms with Gasteiger partial charge in [-0.2, -0.15) is 0 Å². The summed E-state index contributed by atoms with van der Waals surface area (Å²) in [5, 5.41) is 0. The molecule has 0 bridgehead atoms. The summed E-state index contributed by atoms with van der Waals surface area (Å²) in [6, 6.07) is 0. The fourth-order valence-corrected chi connectivity index (χ4v) is 0. The number of hydrogen-bond acceptors (Lipinski definition) is 2. The average molecular weight is 117 g/mol. The van der Waals surface area contributed by atoms with Crippen molar-refractivity contribution in [3.63, 3.8) is 0 Å². The van der Waals surface area contributed by atoms with Crippen molar-refractivity contribution in [1.82, 2.24) is 0 Å². The minimum atomic E-state index is 0.574. The molecule has 0 saturated carbocycles. The standard InChI is InChI=1S/C4H5S2/c1-3(5)4(2)6/h1H2,2H3. The summed E-state index contributed by atoms with van der Waals surface area (Å²) in [6.45, 7) is 5.20. The molecule has 0 saturated heterocycles. The van der Waals surface area contributed by atoms with Crippen molar-refractivity contribution < 1.29 is 0 Å². The Morgan fingerprint density at radius 1 is 1.50 bits per heavy atom. The van der Waals surface area contributed by atoms with Crippen molar-refractivity contribution in [3.8, 4) is 0 Å². The lowest BCUT2D eigenvalue weighted by molar-refractivity contribution is 2.08. The van der Waals surface area contributed by atoms with Crippen molar-refractivity contribution in [2.24, 2.45) is 0 Å². The topological polar surface area (TPSA) is 0 Å². The van der Waals surface area contributed by atoms with Crippen LogP contribution in [0, 0.1) is 6.92 Å². The SMILES string of the molecule is [CH2]C(=S)C(C)=S. The van der Waals surface area contributed by atoms with E-state index in [0.29, 0.717) is 9.73 Å². The molecular weight excluding hydrogens is 112 g/mol. The van der Waals surface area contributed by atoms with E-state index in [1.54, 1.807) is 6.92 Å². The van der Waals surface area contributed by atoms with Gasteiger partial charge in [0, 0.05) is 9.73 Å². The van der Waals surface area contributed by atoms with Gasteiger partial charge in [-0.15, -0.1) is 0 Å². The Morgan fingerprint density at radius 2 is 1.67 bits per heavy atom. The third-order valence-electron chi connectivity index (χ3n) is 0.393.